The normalized spacial score (nSPS) is 12.4. The van der Waals surface area contributed by atoms with Crippen LogP contribution in [0.5, 0.6) is 11.5 Å². The SMILES string of the molecule is COc1cc(Cl)cc(C(C)Nc2cc(-n3cccc3)ccc2S(C)(=O)=O)c1OC. The Bertz CT molecular complexity index is 1110. The van der Waals surface area contributed by atoms with E-state index in [1.165, 1.54) is 6.26 Å². The van der Waals surface area contributed by atoms with Crippen LogP contribution in [0.4, 0.5) is 5.69 Å². The summed E-state index contributed by atoms with van der Waals surface area (Å²) < 4.78 is 37.5. The highest BCUT2D eigenvalue weighted by atomic mass is 35.5. The van der Waals surface area contributed by atoms with Crippen molar-refractivity contribution < 1.29 is 17.9 Å². The average Bonchev–Trinajstić information content (AvgIpc) is 3.21. The molecule has 1 aromatic heterocycles. The van der Waals surface area contributed by atoms with Gasteiger partial charge in [0.25, 0.3) is 0 Å². The zero-order valence-corrected chi connectivity index (χ0v) is 18.2. The van der Waals surface area contributed by atoms with Crippen LogP contribution in [0.1, 0.15) is 18.5 Å². The maximum absolute atomic E-state index is 12.3. The Morgan fingerprint density at radius 3 is 2.34 bits per heavy atom. The Morgan fingerprint density at radius 1 is 1.07 bits per heavy atom. The van der Waals surface area contributed by atoms with Gasteiger partial charge < -0.3 is 19.4 Å². The van der Waals surface area contributed by atoms with Gasteiger partial charge in [0.15, 0.2) is 21.3 Å². The number of rotatable bonds is 7. The van der Waals surface area contributed by atoms with Crippen LogP contribution in [-0.4, -0.2) is 33.5 Å². The van der Waals surface area contributed by atoms with Gasteiger partial charge in [-0.1, -0.05) is 11.6 Å². The molecule has 2 aromatic carbocycles. The van der Waals surface area contributed by atoms with Gasteiger partial charge in [-0.15, -0.1) is 0 Å². The number of nitrogens with one attached hydrogen (secondary N) is 1. The lowest BCUT2D eigenvalue weighted by Crippen LogP contribution is -2.12. The molecule has 0 aliphatic carbocycles. The molecular formula is C21H23ClN2O4S. The van der Waals surface area contributed by atoms with E-state index in [-0.39, 0.29) is 10.9 Å². The number of hydrogen-bond donors (Lipinski definition) is 1. The molecule has 1 unspecified atom stereocenters. The number of halogens is 1. The number of aromatic nitrogens is 1. The summed E-state index contributed by atoms with van der Waals surface area (Å²) >= 11 is 6.24. The second-order valence-corrected chi connectivity index (χ2v) is 9.06. The van der Waals surface area contributed by atoms with Gasteiger partial charge >= 0.3 is 0 Å². The van der Waals surface area contributed by atoms with Crippen molar-refractivity contribution in [3.05, 3.63) is 65.4 Å². The van der Waals surface area contributed by atoms with Gasteiger partial charge in [-0.25, -0.2) is 8.42 Å². The van der Waals surface area contributed by atoms with Crippen LogP contribution < -0.4 is 14.8 Å². The first-order valence-electron chi connectivity index (χ1n) is 8.90. The predicted octanol–water partition coefficient (Wildman–Crippen LogP) is 4.72. The summed E-state index contributed by atoms with van der Waals surface area (Å²) in [6, 6.07) is 12.1. The highest BCUT2D eigenvalue weighted by molar-refractivity contribution is 7.90. The van der Waals surface area contributed by atoms with Crippen LogP contribution in [0.25, 0.3) is 5.69 Å². The number of methoxy groups -OCH3 is 2. The third kappa shape index (κ3) is 4.52. The monoisotopic (exact) mass is 434 g/mol. The van der Waals surface area contributed by atoms with Gasteiger partial charge in [0.1, 0.15) is 0 Å². The fourth-order valence-electron chi connectivity index (χ4n) is 3.21. The molecule has 1 N–H and O–H groups in total. The van der Waals surface area contributed by atoms with Gasteiger partial charge in [-0.3, -0.25) is 0 Å². The molecule has 8 heteroatoms. The number of anilines is 1. The van der Waals surface area contributed by atoms with Gasteiger partial charge in [0.2, 0.25) is 0 Å². The summed E-state index contributed by atoms with van der Waals surface area (Å²) in [6.45, 7) is 1.90. The smallest absolute Gasteiger partial charge is 0.177 e. The Hall–Kier alpha value is -2.64. The number of benzene rings is 2. The second kappa shape index (κ2) is 8.39. The van der Waals surface area contributed by atoms with Crippen LogP contribution in [-0.2, 0) is 9.84 Å². The summed E-state index contributed by atoms with van der Waals surface area (Å²) in [5.41, 5.74) is 2.09. The summed E-state index contributed by atoms with van der Waals surface area (Å²) in [6.07, 6.45) is 4.98. The molecule has 0 aliphatic rings. The first-order valence-corrected chi connectivity index (χ1v) is 11.2. The molecule has 0 saturated heterocycles. The van der Waals surface area contributed by atoms with Crippen molar-refractivity contribution in [1.82, 2.24) is 4.57 Å². The molecule has 0 radical (unpaired) electrons. The molecule has 1 atom stereocenters. The lowest BCUT2D eigenvalue weighted by molar-refractivity contribution is 0.350. The molecule has 0 bridgehead atoms. The van der Waals surface area contributed by atoms with Crippen molar-refractivity contribution in [2.24, 2.45) is 0 Å². The van der Waals surface area contributed by atoms with Gasteiger partial charge in [0, 0.05) is 41.0 Å². The van der Waals surface area contributed by atoms with E-state index in [0.717, 1.165) is 11.3 Å². The van der Waals surface area contributed by atoms with Crippen LogP contribution in [0.15, 0.2) is 59.8 Å². The van der Waals surface area contributed by atoms with Crippen molar-refractivity contribution in [3.8, 4) is 17.2 Å². The largest absolute Gasteiger partial charge is 0.493 e. The molecule has 0 amide bonds. The second-order valence-electron chi connectivity index (χ2n) is 6.64. The zero-order valence-electron chi connectivity index (χ0n) is 16.6. The average molecular weight is 435 g/mol. The van der Waals surface area contributed by atoms with Crippen LogP contribution >= 0.6 is 11.6 Å². The van der Waals surface area contributed by atoms with Crippen molar-refractivity contribution >= 4 is 27.1 Å². The molecule has 1 heterocycles. The minimum atomic E-state index is -3.44. The Morgan fingerprint density at radius 2 is 1.76 bits per heavy atom. The number of sulfone groups is 1. The van der Waals surface area contributed by atoms with Gasteiger partial charge in [0.05, 0.1) is 30.8 Å². The lowest BCUT2D eigenvalue weighted by Gasteiger charge is -2.22. The van der Waals surface area contributed by atoms with Gasteiger partial charge in [-0.2, -0.15) is 0 Å². The number of nitrogens with zero attached hydrogens (tertiary/aromatic N) is 1. The van der Waals surface area contributed by atoms with E-state index in [4.69, 9.17) is 21.1 Å². The first-order chi connectivity index (χ1) is 13.7. The van der Waals surface area contributed by atoms with E-state index < -0.39 is 9.84 Å². The standard InChI is InChI=1S/C21H23ClN2O4S/c1-14(17-11-15(22)12-19(27-2)21(17)28-3)23-18-13-16(24-9-5-6-10-24)7-8-20(18)29(4,25)26/h5-14,23H,1-4H3. The summed E-state index contributed by atoms with van der Waals surface area (Å²) in [7, 11) is -0.345. The van der Waals surface area contributed by atoms with E-state index in [9.17, 15) is 8.42 Å². The molecule has 0 spiro atoms. The van der Waals surface area contributed by atoms with Crippen LogP contribution in [0.2, 0.25) is 5.02 Å². The Kier molecular flexibility index (Phi) is 6.10. The van der Waals surface area contributed by atoms with Crippen LogP contribution in [0.3, 0.4) is 0 Å². The Labute approximate surface area is 175 Å². The minimum absolute atomic E-state index is 0.216. The van der Waals surface area contributed by atoms with E-state index in [1.54, 1.807) is 44.6 Å². The number of hydrogen-bond acceptors (Lipinski definition) is 5. The van der Waals surface area contributed by atoms with Crippen LogP contribution in [0, 0.1) is 0 Å². The summed E-state index contributed by atoms with van der Waals surface area (Å²) in [5, 5.41) is 3.80. The van der Waals surface area contributed by atoms with E-state index in [2.05, 4.69) is 5.32 Å². The summed E-state index contributed by atoms with van der Waals surface area (Å²) in [4.78, 5) is 0.216. The molecule has 0 aliphatic heterocycles. The highest BCUT2D eigenvalue weighted by Crippen LogP contribution is 2.39. The maximum atomic E-state index is 12.3. The quantitative estimate of drug-likeness (QED) is 0.582. The zero-order chi connectivity index (χ0) is 21.2. The molecular weight excluding hydrogens is 412 g/mol. The maximum Gasteiger partial charge on any atom is 0.177 e. The predicted molar refractivity (Wildman–Crippen MR) is 115 cm³/mol. The fraction of sp³-hybridized carbons (Fsp3) is 0.238. The topological polar surface area (TPSA) is 69.6 Å². The third-order valence-electron chi connectivity index (χ3n) is 4.58. The molecule has 29 heavy (non-hydrogen) atoms. The van der Waals surface area contributed by atoms with E-state index in [1.807, 2.05) is 36.0 Å². The Balaban J connectivity index is 2.07. The molecule has 3 aromatic rings. The van der Waals surface area contributed by atoms with Crippen molar-refractivity contribution in [2.45, 2.75) is 17.9 Å². The van der Waals surface area contributed by atoms with Crippen molar-refractivity contribution in [2.75, 3.05) is 25.8 Å². The highest BCUT2D eigenvalue weighted by Gasteiger charge is 2.21. The van der Waals surface area contributed by atoms with E-state index >= 15 is 0 Å². The first kappa shape index (κ1) is 21.1. The van der Waals surface area contributed by atoms with Gasteiger partial charge in [-0.05, 0) is 43.3 Å². The third-order valence-corrected chi connectivity index (χ3v) is 5.95. The molecule has 0 saturated carbocycles. The molecule has 6 nitrogen and oxygen atoms in total. The minimum Gasteiger partial charge on any atom is -0.493 e. The van der Waals surface area contributed by atoms with Crippen molar-refractivity contribution in [3.63, 3.8) is 0 Å². The molecule has 3 rings (SSSR count). The number of ether oxygens (including phenoxy) is 2. The lowest BCUT2D eigenvalue weighted by atomic mass is 10.1. The van der Waals surface area contributed by atoms with E-state index in [0.29, 0.717) is 22.2 Å². The summed E-state index contributed by atoms with van der Waals surface area (Å²) in [5.74, 6) is 1.05. The van der Waals surface area contributed by atoms with Crippen molar-refractivity contribution in [1.29, 1.82) is 0 Å². The molecule has 154 valence electrons. The fourth-order valence-corrected chi connectivity index (χ4v) is 4.26. The molecule has 0 fully saturated rings.